The monoisotopic (exact) mass is 447 g/mol. The van der Waals surface area contributed by atoms with Gasteiger partial charge in [-0.3, -0.25) is 4.79 Å². The van der Waals surface area contributed by atoms with Crippen LogP contribution in [0.4, 0.5) is 10.2 Å². The predicted octanol–water partition coefficient (Wildman–Crippen LogP) is 5.91. The maximum absolute atomic E-state index is 13.6. The van der Waals surface area contributed by atoms with E-state index in [2.05, 4.69) is 29.7 Å². The summed E-state index contributed by atoms with van der Waals surface area (Å²) in [5.41, 5.74) is 2.49. The van der Waals surface area contributed by atoms with E-state index in [4.69, 9.17) is 16.6 Å². The number of hydrogen-bond donors (Lipinski definition) is 2. The highest BCUT2D eigenvalue weighted by Gasteiger charge is 2.23. The van der Waals surface area contributed by atoms with E-state index in [1.54, 1.807) is 6.07 Å². The number of carbonyl (C=O) groups is 1. The molecule has 1 fully saturated rings. The molecule has 3 aromatic rings. The third kappa shape index (κ3) is 5.02. The average Bonchev–Trinajstić information content (AvgIpc) is 2.71. The van der Waals surface area contributed by atoms with Gasteiger partial charge in [-0.2, -0.15) is 0 Å². The van der Waals surface area contributed by atoms with Crippen LogP contribution in [0.15, 0.2) is 48.5 Å². The highest BCUT2D eigenvalue weighted by atomic mass is 35.5. The van der Waals surface area contributed by atoms with Gasteiger partial charge in [0.25, 0.3) is 5.91 Å². The van der Waals surface area contributed by atoms with E-state index in [0.717, 1.165) is 37.0 Å². The molecule has 1 amide bonds. The van der Waals surface area contributed by atoms with Gasteiger partial charge in [0.1, 0.15) is 11.6 Å². The van der Waals surface area contributed by atoms with Crippen molar-refractivity contribution in [1.82, 2.24) is 10.3 Å². The summed E-state index contributed by atoms with van der Waals surface area (Å²) in [4.78, 5) is 17.1. The lowest BCUT2D eigenvalue weighted by atomic mass is 9.91. The zero-order valence-electron chi connectivity index (χ0n) is 16.6. The number of hydrogen-bond acceptors (Lipinski definition) is 3. The number of fused-ring (bicyclic) bond motifs is 1. The van der Waals surface area contributed by atoms with Gasteiger partial charge < -0.3 is 10.6 Å². The van der Waals surface area contributed by atoms with Crippen LogP contribution in [-0.4, -0.2) is 23.0 Å². The summed E-state index contributed by atoms with van der Waals surface area (Å²) in [6, 6.07) is 14.8. The van der Waals surface area contributed by atoms with E-state index in [1.165, 1.54) is 23.1 Å². The van der Waals surface area contributed by atoms with Gasteiger partial charge in [0.15, 0.2) is 0 Å². The molecule has 0 radical (unpaired) electrons. The van der Waals surface area contributed by atoms with Crippen molar-refractivity contribution in [2.75, 3.05) is 5.32 Å². The van der Waals surface area contributed by atoms with Crippen LogP contribution in [0.2, 0.25) is 5.02 Å². The highest BCUT2D eigenvalue weighted by molar-refractivity contribution is 6.30. The number of benzene rings is 2. The van der Waals surface area contributed by atoms with E-state index < -0.39 is 5.82 Å². The molecule has 0 atom stereocenters. The summed E-state index contributed by atoms with van der Waals surface area (Å²) >= 11 is 5.68. The number of rotatable bonds is 4. The number of para-hydroxylation sites is 1. The van der Waals surface area contributed by atoms with Crippen LogP contribution < -0.4 is 10.6 Å². The van der Waals surface area contributed by atoms with Crippen LogP contribution in [0.25, 0.3) is 10.9 Å². The first kappa shape index (κ1) is 22.3. The lowest BCUT2D eigenvalue weighted by Gasteiger charge is -2.30. The number of aryl methyl sites for hydroxylation is 1. The first-order chi connectivity index (χ1) is 14.0. The highest BCUT2D eigenvalue weighted by Crippen LogP contribution is 2.25. The van der Waals surface area contributed by atoms with Gasteiger partial charge in [-0.1, -0.05) is 29.8 Å². The summed E-state index contributed by atoms with van der Waals surface area (Å²) in [7, 11) is 0. The first-order valence-corrected chi connectivity index (χ1v) is 10.3. The Hall–Kier alpha value is -2.37. The zero-order chi connectivity index (χ0) is 20.4. The predicted molar refractivity (Wildman–Crippen MR) is 122 cm³/mol. The lowest BCUT2D eigenvalue weighted by Crippen LogP contribution is -2.40. The van der Waals surface area contributed by atoms with Crippen molar-refractivity contribution in [1.29, 1.82) is 0 Å². The molecule has 1 aliphatic rings. The van der Waals surface area contributed by atoms with Gasteiger partial charge in [0.2, 0.25) is 0 Å². The topological polar surface area (TPSA) is 54.0 Å². The normalized spacial score (nSPS) is 18.5. The maximum atomic E-state index is 13.6. The van der Waals surface area contributed by atoms with E-state index in [1.807, 2.05) is 18.2 Å². The van der Waals surface area contributed by atoms with Gasteiger partial charge in [-0.05, 0) is 68.5 Å². The fraction of sp³-hybridized carbons (Fsp3) is 0.304. The van der Waals surface area contributed by atoms with Crippen molar-refractivity contribution >= 4 is 46.6 Å². The van der Waals surface area contributed by atoms with Gasteiger partial charge in [-0.25, -0.2) is 9.37 Å². The van der Waals surface area contributed by atoms with Gasteiger partial charge in [0.05, 0.1) is 10.5 Å². The van der Waals surface area contributed by atoms with Crippen molar-refractivity contribution in [3.8, 4) is 0 Å². The molecule has 4 rings (SSSR count). The molecule has 0 spiro atoms. The van der Waals surface area contributed by atoms with Crippen molar-refractivity contribution in [2.45, 2.75) is 44.7 Å². The van der Waals surface area contributed by atoms with E-state index >= 15 is 0 Å². The van der Waals surface area contributed by atoms with Crippen molar-refractivity contribution < 1.29 is 9.18 Å². The number of amides is 1. The van der Waals surface area contributed by atoms with Crippen LogP contribution in [0, 0.1) is 12.7 Å². The summed E-state index contributed by atoms with van der Waals surface area (Å²) in [6.07, 6.45) is 3.61. The first-order valence-electron chi connectivity index (χ1n) is 9.88. The number of carbonyl (C=O) groups excluding carboxylic acids is 1. The minimum absolute atomic E-state index is 0. The smallest absolute Gasteiger partial charge is 0.251 e. The molecule has 1 aromatic heterocycles. The third-order valence-electron chi connectivity index (χ3n) is 5.52. The van der Waals surface area contributed by atoms with Crippen molar-refractivity contribution in [2.24, 2.45) is 0 Å². The Bertz CT molecular complexity index is 1050. The molecule has 158 valence electrons. The Kier molecular flexibility index (Phi) is 7.16. The second-order valence-corrected chi connectivity index (χ2v) is 8.04. The zero-order valence-corrected chi connectivity index (χ0v) is 18.2. The quantitative estimate of drug-likeness (QED) is 0.522. The molecular formula is C23H24Cl2FN3O. The number of pyridine rings is 1. The minimum atomic E-state index is -0.578. The van der Waals surface area contributed by atoms with E-state index in [9.17, 15) is 9.18 Å². The van der Waals surface area contributed by atoms with Crippen LogP contribution in [0.3, 0.4) is 0 Å². The molecule has 0 bridgehead atoms. The van der Waals surface area contributed by atoms with Crippen molar-refractivity contribution in [3.63, 3.8) is 0 Å². The minimum Gasteiger partial charge on any atom is -0.367 e. The standard InChI is InChI=1S/C23H23ClFN3O.ClH/c1-14-12-22(28-21-5-3-2-4-18(14)21)26-16-7-9-17(10-8-16)27-23(29)15-6-11-19(24)20(25)13-15;/h2-6,11-13,16-17H,7-10H2,1H3,(H,26,28)(H,27,29);1H. The molecular weight excluding hydrogens is 424 g/mol. The molecule has 2 N–H and O–H groups in total. The fourth-order valence-corrected chi connectivity index (χ4v) is 4.04. The average molecular weight is 448 g/mol. The Labute approximate surface area is 186 Å². The molecule has 1 aliphatic carbocycles. The largest absolute Gasteiger partial charge is 0.367 e. The lowest BCUT2D eigenvalue weighted by molar-refractivity contribution is 0.0926. The molecule has 2 aromatic carbocycles. The second-order valence-electron chi connectivity index (χ2n) is 7.64. The summed E-state index contributed by atoms with van der Waals surface area (Å²) in [5, 5.41) is 7.74. The molecule has 1 heterocycles. The number of nitrogens with zero attached hydrogens (tertiary/aromatic N) is 1. The van der Waals surface area contributed by atoms with Gasteiger partial charge >= 0.3 is 0 Å². The third-order valence-corrected chi connectivity index (χ3v) is 5.83. The van der Waals surface area contributed by atoms with E-state index in [0.29, 0.717) is 11.6 Å². The summed E-state index contributed by atoms with van der Waals surface area (Å²) < 4.78 is 13.6. The molecule has 0 unspecified atom stereocenters. The number of nitrogens with one attached hydrogen (secondary N) is 2. The summed E-state index contributed by atoms with van der Waals surface area (Å²) in [5.74, 6) is 0.0551. The van der Waals surface area contributed by atoms with Crippen LogP contribution in [0.5, 0.6) is 0 Å². The number of aromatic nitrogens is 1. The number of halogens is 3. The Morgan fingerprint density at radius 1 is 1.07 bits per heavy atom. The molecule has 4 nitrogen and oxygen atoms in total. The number of anilines is 1. The molecule has 0 aliphatic heterocycles. The molecule has 1 saturated carbocycles. The van der Waals surface area contributed by atoms with Gasteiger partial charge in [-0.15, -0.1) is 12.4 Å². The fourth-order valence-electron chi connectivity index (χ4n) is 3.92. The van der Waals surface area contributed by atoms with Gasteiger partial charge in [0, 0.05) is 23.0 Å². The van der Waals surface area contributed by atoms with Crippen molar-refractivity contribution in [3.05, 3.63) is 70.5 Å². The van der Waals surface area contributed by atoms with E-state index in [-0.39, 0.29) is 29.4 Å². The Balaban J connectivity index is 0.00000256. The molecule has 0 saturated heterocycles. The Morgan fingerprint density at radius 2 is 1.77 bits per heavy atom. The SMILES string of the molecule is Cc1cc(NC2CCC(NC(=O)c3ccc(Cl)c(F)c3)CC2)nc2ccccc12.Cl. The summed E-state index contributed by atoms with van der Waals surface area (Å²) in [6.45, 7) is 2.10. The molecule has 7 heteroatoms. The molecule has 30 heavy (non-hydrogen) atoms. The van der Waals surface area contributed by atoms with Crippen LogP contribution in [-0.2, 0) is 0 Å². The second kappa shape index (κ2) is 9.63. The van der Waals surface area contributed by atoms with Crippen LogP contribution >= 0.6 is 24.0 Å². The Morgan fingerprint density at radius 3 is 2.50 bits per heavy atom. The maximum Gasteiger partial charge on any atom is 0.251 e. The van der Waals surface area contributed by atoms with Crippen LogP contribution in [0.1, 0.15) is 41.6 Å².